The van der Waals surface area contributed by atoms with E-state index < -0.39 is 0 Å². The number of thioether (sulfide) groups is 1. The summed E-state index contributed by atoms with van der Waals surface area (Å²) in [7, 11) is 0. The van der Waals surface area contributed by atoms with E-state index in [4.69, 9.17) is 0 Å². The van der Waals surface area contributed by atoms with Crippen molar-refractivity contribution in [3.05, 3.63) is 68.1 Å². The van der Waals surface area contributed by atoms with Crippen LogP contribution in [0.4, 0.5) is 4.79 Å². The monoisotopic (exact) mass is 437 g/mol. The maximum atomic E-state index is 12.4. The second-order valence-electron chi connectivity index (χ2n) is 4.96. The Kier molecular flexibility index (Phi) is 4.72. The Hall–Kier alpha value is -1.80. The first-order valence-electron chi connectivity index (χ1n) is 6.82. The van der Waals surface area contributed by atoms with Crippen molar-refractivity contribution in [1.29, 1.82) is 0 Å². The molecule has 0 aliphatic carbocycles. The standard InChI is InChI=1S/C17H12INO3S/c18-13-8-12(6-7-14(13)20)9-15-16(21)19(17(22)23-15)10-11-4-2-1-3-5-11/h1-9,20H,10H2/b15-9-. The number of benzene rings is 2. The third kappa shape index (κ3) is 3.59. The van der Waals surface area contributed by atoms with Crippen LogP contribution >= 0.6 is 34.4 Å². The molecule has 0 radical (unpaired) electrons. The fourth-order valence-electron chi connectivity index (χ4n) is 2.17. The number of hydrogen-bond acceptors (Lipinski definition) is 4. The van der Waals surface area contributed by atoms with E-state index in [0.29, 0.717) is 8.48 Å². The lowest BCUT2D eigenvalue weighted by atomic mass is 10.2. The molecule has 2 aromatic carbocycles. The summed E-state index contributed by atoms with van der Waals surface area (Å²) in [5.74, 6) is -0.0909. The maximum absolute atomic E-state index is 12.4. The number of aromatic hydroxyl groups is 1. The highest BCUT2D eigenvalue weighted by molar-refractivity contribution is 14.1. The molecule has 0 atom stereocenters. The Balaban J connectivity index is 1.83. The van der Waals surface area contributed by atoms with Crippen LogP contribution in [-0.2, 0) is 11.3 Å². The van der Waals surface area contributed by atoms with Crippen LogP contribution in [0.5, 0.6) is 5.75 Å². The van der Waals surface area contributed by atoms with Gasteiger partial charge in [0.15, 0.2) is 0 Å². The zero-order valence-corrected chi connectivity index (χ0v) is 14.9. The number of carbonyl (C=O) groups is 2. The van der Waals surface area contributed by atoms with Crippen LogP contribution in [0.25, 0.3) is 6.08 Å². The molecular weight excluding hydrogens is 425 g/mol. The quantitative estimate of drug-likeness (QED) is 0.577. The lowest BCUT2D eigenvalue weighted by Crippen LogP contribution is -2.27. The van der Waals surface area contributed by atoms with Gasteiger partial charge in [-0.25, -0.2) is 0 Å². The number of phenolic OH excluding ortho intramolecular Hbond substituents is 1. The Labute approximate surface area is 151 Å². The molecule has 116 valence electrons. The van der Waals surface area contributed by atoms with E-state index in [-0.39, 0.29) is 23.4 Å². The Morgan fingerprint density at radius 3 is 2.57 bits per heavy atom. The molecule has 0 bridgehead atoms. The Morgan fingerprint density at radius 2 is 1.87 bits per heavy atom. The highest BCUT2D eigenvalue weighted by atomic mass is 127. The van der Waals surface area contributed by atoms with Crippen molar-refractivity contribution in [3.63, 3.8) is 0 Å². The molecule has 1 fully saturated rings. The second kappa shape index (κ2) is 6.76. The molecular formula is C17H12INO3S. The van der Waals surface area contributed by atoms with E-state index in [2.05, 4.69) is 0 Å². The molecule has 1 aliphatic heterocycles. The number of imide groups is 1. The molecule has 23 heavy (non-hydrogen) atoms. The minimum atomic E-state index is -0.285. The highest BCUT2D eigenvalue weighted by Crippen LogP contribution is 2.33. The van der Waals surface area contributed by atoms with Crippen LogP contribution in [0.3, 0.4) is 0 Å². The van der Waals surface area contributed by atoms with Crippen LogP contribution in [0.15, 0.2) is 53.4 Å². The molecule has 0 saturated carbocycles. The van der Waals surface area contributed by atoms with Gasteiger partial charge in [-0.1, -0.05) is 36.4 Å². The average molecular weight is 437 g/mol. The molecule has 1 heterocycles. The normalized spacial score (nSPS) is 16.4. The topological polar surface area (TPSA) is 57.6 Å². The van der Waals surface area contributed by atoms with E-state index in [1.165, 1.54) is 4.90 Å². The zero-order chi connectivity index (χ0) is 16.4. The number of halogens is 1. The predicted molar refractivity (Wildman–Crippen MR) is 98.8 cm³/mol. The summed E-state index contributed by atoms with van der Waals surface area (Å²) >= 11 is 2.96. The molecule has 2 aromatic rings. The van der Waals surface area contributed by atoms with Gasteiger partial charge in [-0.15, -0.1) is 0 Å². The van der Waals surface area contributed by atoms with E-state index >= 15 is 0 Å². The summed E-state index contributed by atoms with van der Waals surface area (Å²) in [5, 5.41) is 9.28. The summed E-state index contributed by atoms with van der Waals surface area (Å²) in [5.41, 5.74) is 1.69. The van der Waals surface area contributed by atoms with Crippen molar-refractivity contribution in [2.45, 2.75) is 6.54 Å². The Morgan fingerprint density at radius 1 is 1.13 bits per heavy atom. The van der Waals surface area contributed by atoms with Gasteiger partial charge in [0.2, 0.25) is 0 Å². The lowest BCUT2D eigenvalue weighted by Gasteiger charge is -2.12. The molecule has 3 rings (SSSR count). The average Bonchev–Trinajstić information content (AvgIpc) is 2.80. The Bertz CT molecular complexity index is 805. The summed E-state index contributed by atoms with van der Waals surface area (Å²) < 4.78 is 0.694. The van der Waals surface area contributed by atoms with E-state index in [1.54, 1.807) is 24.3 Å². The molecule has 0 spiro atoms. The van der Waals surface area contributed by atoms with Gasteiger partial charge in [-0.05, 0) is 63.7 Å². The van der Waals surface area contributed by atoms with Crippen LogP contribution in [0, 0.1) is 3.57 Å². The van der Waals surface area contributed by atoms with Gasteiger partial charge < -0.3 is 5.11 Å². The van der Waals surface area contributed by atoms with Crippen LogP contribution < -0.4 is 0 Å². The number of amides is 2. The van der Waals surface area contributed by atoms with Crippen molar-refractivity contribution in [1.82, 2.24) is 4.90 Å². The third-order valence-corrected chi connectivity index (χ3v) is 5.10. The van der Waals surface area contributed by atoms with Gasteiger partial charge in [-0.3, -0.25) is 14.5 Å². The number of carbonyl (C=O) groups excluding carboxylic acids is 2. The zero-order valence-electron chi connectivity index (χ0n) is 11.9. The van der Waals surface area contributed by atoms with Crippen LogP contribution in [0.1, 0.15) is 11.1 Å². The fourth-order valence-corrected chi connectivity index (χ4v) is 3.54. The van der Waals surface area contributed by atoms with Crippen molar-refractivity contribution in [2.24, 2.45) is 0 Å². The lowest BCUT2D eigenvalue weighted by molar-refractivity contribution is -0.123. The smallest absolute Gasteiger partial charge is 0.293 e. The first-order valence-corrected chi connectivity index (χ1v) is 8.72. The van der Waals surface area contributed by atoms with Gasteiger partial charge in [-0.2, -0.15) is 0 Å². The van der Waals surface area contributed by atoms with Crippen molar-refractivity contribution in [3.8, 4) is 5.75 Å². The van der Waals surface area contributed by atoms with Crippen molar-refractivity contribution < 1.29 is 14.7 Å². The highest BCUT2D eigenvalue weighted by Gasteiger charge is 2.34. The molecule has 2 amide bonds. The number of rotatable bonds is 3. The predicted octanol–water partition coefficient (Wildman–Crippen LogP) is 4.23. The molecule has 0 unspecified atom stereocenters. The number of phenols is 1. The second-order valence-corrected chi connectivity index (χ2v) is 7.12. The minimum absolute atomic E-state index is 0.194. The van der Waals surface area contributed by atoms with Gasteiger partial charge in [0, 0.05) is 0 Å². The number of nitrogens with zero attached hydrogens (tertiary/aromatic N) is 1. The van der Waals surface area contributed by atoms with Crippen LogP contribution in [-0.4, -0.2) is 21.2 Å². The summed E-state index contributed by atoms with van der Waals surface area (Å²) in [6.07, 6.45) is 1.68. The van der Waals surface area contributed by atoms with E-state index in [1.807, 2.05) is 52.9 Å². The first kappa shape index (κ1) is 16.1. The van der Waals surface area contributed by atoms with Gasteiger partial charge in [0.1, 0.15) is 5.75 Å². The minimum Gasteiger partial charge on any atom is -0.507 e. The molecule has 0 aromatic heterocycles. The maximum Gasteiger partial charge on any atom is 0.293 e. The summed E-state index contributed by atoms with van der Waals surface area (Å²) in [4.78, 5) is 26.2. The van der Waals surface area contributed by atoms with Gasteiger partial charge in [0.25, 0.3) is 11.1 Å². The first-order chi connectivity index (χ1) is 11.0. The SMILES string of the molecule is O=C1S/C(=C\c2ccc(O)c(I)c2)C(=O)N1Cc1ccccc1. The van der Waals surface area contributed by atoms with E-state index in [0.717, 1.165) is 22.9 Å². The summed E-state index contributed by atoms with van der Waals surface area (Å²) in [6.45, 7) is 0.274. The van der Waals surface area contributed by atoms with Gasteiger partial charge in [0.05, 0.1) is 15.0 Å². The molecule has 6 heteroatoms. The molecule has 4 nitrogen and oxygen atoms in total. The summed E-state index contributed by atoms with van der Waals surface area (Å²) in [6, 6.07) is 14.5. The van der Waals surface area contributed by atoms with Crippen LogP contribution in [0.2, 0.25) is 0 Å². The molecule has 1 N–H and O–H groups in total. The van der Waals surface area contributed by atoms with E-state index in [9.17, 15) is 14.7 Å². The fraction of sp³-hybridized carbons (Fsp3) is 0.0588. The molecule has 1 saturated heterocycles. The van der Waals surface area contributed by atoms with Gasteiger partial charge >= 0.3 is 0 Å². The van der Waals surface area contributed by atoms with Crippen molar-refractivity contribution in [2.75, 3.05) is 0 Å². The largest absolute Gasteiger partial charge is 0.507 e. The number of hydrogen-bond donors (Lipinski definition) is 1. The molecule has 1 aliphatic rings. The third-order valence-electron chi connectivity index (χ3n) is 3.33. The van der Waals surface area contributed by atoms with Crippen molar-refractivity contribution >= 4 is 51.6 Å².